The Hall–Kier alpha value is -4.26. The molecule has 7 heteroatoms. The van der Waals surface area contributed by atoms with Crippen LogP contribution in [0.1, 0.15) is 44.4 Å². The molecule has 1 N–H and O–H groups in total. The van der Waals surface area contributed by atoms with E-state index in [0.29, 0.717) is 53.2 Å². The average Bonchev–Trinajstić information content (AvgIpc) is 3.20. The van der Waals surface area contributed by atoms with Gasteiger partial charge in [-0.2, -0.15) is 0 Å². The predicted molar refractivity (Wildman–Crippen MR) is 147 cm³/mol. The van der Waals surface area contributed by atoms with Gasteiger partial charge in [-0.25, -0.2) is 0 Å². The molecule has 1 saturated heterocycles. The first-order valence-electron chi connectivity index (χ1n) is 12.7. The maximum absolute atomic E-state index is 13.4. The van der Waals surface area contributed by atoms with E-state index in [-0.39, 0.29) is 11.3 Å². The van der Waals surface area contributed by atoms with Crippen molar-refractivity contribution < 1.29 is 28.9 Å². The van der Waals surface area contributed by atoms with Crippen LogP contribution in [0.5, 0.6) is 17.2 Å². The Bertz CT molecular complexity index is 1330. The van der Waals surface area contributed by atoms with Gasteiger partial charge < -0.3 is 19.3 Å². The summed E-state index contributed by atoms with van der Waals surface area (Å²) in [5.41, 5.74) is 1.53. The number of hydrogen-bond donors (Lipinski definition) is 1. The number of ketones is 1. The molecular weight excluding hydrogens is 482 g/mol. The molecule has 0 aliphatic carbocycles. The second-order valence-electron chi connectivity index (χ2n) is 9.52. The van der Waals surface area contributed by atoms with E-state index in [1.165, 1.54) is 12.0 Å². The molecule has 1 heterocycles. The molecule has 1 aliphatic rings. The van der Waals surface area contributed by atoms with Crippen molar-refractivity contribution in [3.05, 3.63) is 89.5 Å². The second kappa shape index (κ2) is 11.9. The van der Waals surface area contributed by atoms with Gasteiger partial charge in [-0.15, -0.1) is 0 Å². The van der Waals surface area contributed by atoms with Gasteiger partial charge >= 0.3 is 0 Å². The van der Waals surface area contributed by atoms with Crippen LogP contribution in [0.3, 0.4) is 0 Å². The van der Waals surface area contributed by atoms with Crippen molar-refractivity contribution in [1.29, 1.82) is 0 Å². The zero-order valence-electron chi connectivity index (χ0n) is 22.1. The van der Waals surface area contributed by atoms with Gasteiger partial charge in [-0.05, 0) is 66.4 Å². The van der Waals surface area contributed by atoms with Gasteiger partial charge in [0.05, 0.1) is 31.9 Å². The average molecular weight is 516 g/mol. The number of aliphatic hydroxyl groups excluding tert-OH is 1. The number of rotatable bonds is 10. The third kappa shape index (κ3) is 5.67. The molecule has 1 fully saturated rings. The third-order valence-corrected chi connectivity index (χ3v) is 6.13. The Morgan fingerprint density at radius 1 is 0.921 bits per heavy atom. The lowest BCUT2D eigenvalue weighted by atomic mass is 9.95. The number of Topliss-reactive ketones (excluding diaryl/α,β-unsaturated/α-hetero) is 1. The molecule has 0 radical (unpaired) electrons. The fourth-order valence-corrected chi connectivity index (χ4v) is 4.30. The molecular formula is C31H33NO6. The van der Waals surface area contributed by atoms with Gasteiger partial charge in [0.1, 0.15) is 23.0 Å². The van der Waals surface area contributed by atoms with Crippen LogP contribution in [-0.4, -0.2) is 37.1 Å². The summed E-state index contributed by atoms with van der Waals surface area (Å²) in [5.74, 6) is 0.426. The normalized spacial score (nSPS) is 16.7. The zero-order chi connectivity index (χ0) is 27.2. The van der Waals surface area contributed by atoms with Crippen molar-refractivity contribution in [3.63, 3.8) is 0 Å². The number of hydrogen-bond acceptors (Lipinski definition) is 6. The molecule has 198 valence electrons. The first kappa shape index (κ1) is 26.8. The standard InChI is InChI=1S/C31H33NO6/c1-5-16-37-26-11-6-8-22(17-26)28-27(29(33)21-12-14-24(15-13-21)38-19-20(2)3)30(34)31(35)32(28)23-9-7-10-25(18-23)36-4/h6-15,17-18,20,28,33H,5,16,19H2,1-4H3/b29-27+. The number of benzene rings is 3. The summed E-state index contributed by atoms with van der Waals surface area (Å²) in [6.45, 7) is 7.23. The fourth-order valence-electron chi connectivity index (χ4n) is 4.30. The highest BCUT2D eigenvalue weighted by atomic mass is 16.5. The SMILES string of the molecule is CCCOc1cccc(C2/C(=C(\O)c3ccc(OCC(C)C)cc3)C(=O)C(=O)N2c2cccc(OC)c2)c1. The van der Waals surface area contributed by atoms with Crippen molar-refractivity contribution in [2.45, 2.75) is 33.2 Å². The minimum atomic E-state index is -0.871. The molecule has 3 aromatic carbocycles. The maximum Gasteiger partial charge on any atom is 0.300 e. The quantitative estimate of drug-likeness (QED) is 0.198. The van der Waals surface area contributed by atoms with Gasteiger partial charge in [0, 0.05) is 17.3 Å². The number of amides is 1. The number of methoxy groups -OCH3 is 1. The van der Waals surface area contributed by atoms with E-state index in [2.05, 4.69) is 13.8 Å². The predicted octanol–water partition coefficient (Wildman–Crippen LogP) is 6.15. The molecule has 0 aromatic heterocycles. The van der Waals surface area contributed by atoms with E-state index in [1.54, 1.807) is 54.6 Å². The van der Waals surface area contributed by atoms with Gasteiger partial charge in [0.15, 0.2) is 0 Å². The molecule has 7 nitrogen and oxygen atoms in total. The van der Waals surface area contributed by atoms with Gasteiger partial charge in [0.25, 0.3) is 11.7 Å². The van der Waals surface area contributed by atoms with Gasteiger partial charge in [-0.3, -0.25) is 14.5 Å². The van der Waals surface area contributed by atoms with E-state index >= 15 is 0 Å². The monoisotopic (exact) mass is 515 g/mol. The van der Waals surface area contributed by atoms with Crippen molar-refractivity contribution in [2.24, 2.45) is 5.92 Å². The van der Waals surface area contributed by atoms with Crippen LogP contribution in [0.15, 0.2) is 78.4 Å². The Morgan fingerprint density at radius 3 is 2.32 bits per heavy atom. The lowest BCUT2D eigenvalue weighted by Gasteiger charge is -2.26. The van der Waals surface area contributed by atoms with E-state index in [0.717, 1.165) is 6.42 Å². The molecule has 1 atom stereocenters. The summed E-state index contributed by atoms with van der Waals surface area (Å²) < 4.78 is 16.9. The highest BCUT2D eigenvalue weighted by Gasteiger charge is 2.47. The second-order valence-corrected chi connectivity index (χ2v) is 9.52. The topological polar surface area (TPSA) is 85.3 Å². The Morgan fingerprint density at radius 2 is 1.63 bits per heavy atom. The highest BCUT2D eigenvalue weighted by molar-refractivity contribution is 6.51. The minimum absolute atomic E-state index is 0.00121. The van der Waals surface area contributed by atoms with E-state index in [4.69, 9.17) is 14.2 Å². The number of nitrogens with zero attached hydrogens (tertiary/aromatic N) is 1. The van der Waals surface area contributed by atoms with Crippen LogP contribution in [0.25, 0.3) is 5.76 Å². The van der Waals surface area contributed by atoms with E-state index in [1.807, 2.05) is 25.1 Å². The van der Waals surface area contributed by atoms with E-state index in [9.17, 15) is 14.7 Å². The number of carbonyl (C=O) groups excluding carboxylic acids is 2. The number of ether oxygens (including phenoxy) is 3. The number of carbonyl (C=O) groups is 2. The van der Waals surface area contributed by atoms with Crippen LogP contribution < -0.4 is 19.1 Å². The molecule has 0 bridgehead atoms. The lowest BCUT2D eigenvalue weighted by molar-refractivity contribution is -0.132. The Balaban J connectivity index is 1.83. The van der Waals surface area contributed by atoms with Crippen molar-refractivity contribution in [1.82, 2.24) is 0 Å². The molecule has 3 aromatic rings. The van der Waals surface area contributed by atoms with Crippen molar-refractivity contribution in [2.75, 3.05) is 25.2 Å². The van der Waals surface area contributed by atoms with Crippen molar-refractivity contribution >= 4 is 23.1 Å². The summed E-state index contributed by atoms with van der Waals surface area (Å²) in [6, 6.07) is 20.2. The van der Waals surface area contributed by atoms with E-state index < -0.39 is 17.7 Å². The minimum Gasteiger partial charge on any atom is -0.507 e. The molecule has 1 aliphatic heterocycles. The first-order valence-corrected chi connectivity index (χ1v) is 12.7. The molecule has 38 heavy (non-hydrogen) atoms. The summed E-state index contributed by atoms with van der Waals surface area (Å²) in [6.07, 6.45) is 0.837. The van der Waals surface area contributed by atoms with Crippen molar-refractivity contribution in [3.8, 4) is 17.2 Å². The number of anilines is 1. The van der Waals surface area contributed by atoms with Crippen LogP contribution in [-0.2, 0) is 9.59 Å². The molecule has 0 saturated carbocycles. The number of aliphatic hydroxyl groups is 1. The highest BCUT2D eigenvalue weighted by Crippen LogP contribution is 2.43. The molecule has 4 rings (SSSR count). The Kier molecular flexibility index (Phi) is 8.36. The largest absolute Gasteiger partial charge is 0.507 e. The first-order chi connectivity index (χ1) is 18.3. The zero-order valence-corrected chi connectivity index (χ0v) is 22.1. The van der Waals surface area contributed by atoms with Crippen LogP contribution in [0.2, 0.25) is 0 Å². The summed E-state index contributed by atoms with van der Waals surface area (Å²) in [5, 5.41) is 11.4. The summed E-state index contributed by atoms with van der Waals surface area (Å²) in [7, 11) is 1.54. The fraction of sp³-hybridized carbons (Fsp3) is 0.290. The maximum atomic E-state index is 13.4. The van der Waals surface area contributed by atoms with Gasteiger partial charge in [-0.1, -0.05) is 39.0 Å². The summed E-state index contributed by atoms with van der Waals surface area (Å²) >= 11 is 0. The molecule has 1 unspecified atom stereocenters. The van der Waals surface area contributed by atoms with Gasteiger partial charge in [0.2, 0.25) is 0 Å². The Labute approximate surface area is 223 Å². The van der Waals surface area contributed by atoms with Crippen LogP contribution in [0.4, 0.5) is 5.69 Å². The smallest absolute Gasteiger partial charge is 0.300 e. The summed E-state index contributed by atoms with van der Waals surface area (Å²) in [4.78, 5) is 28.3. The van der Waals surface area contributed by atoms with Crippen LogP contribution in [0, 0.1) is 5.92 Å². The lowest BCUT2D eigenvalue weighted by Crippen LogP contribution is -2.29. The molecule has 0 spiro atoms. The van der Waals surface area contributed by atoms with Crippen LogP contribution >= 0.6 is 0 Å². The molecule has 1 amide bonds. The third-order valence-electron chi connectivity index (χ3n) is 6.13.